The summed E-state index contributed by atoms with van der Waals surface area (Å²) in [6, 6.07) is 20.7. The Morgan fingerprint density at radius 3 is 2.58 bits per heavy atom. The summed E-state index contributed by atoms with van der Waals surface area (Å²) in [6.07, 6.45) is 0. The minimum absolute atomic E-state index is 0.175. The summed E-state index contributed by atoms with van der Waals surface area (Å²) in [4.78, 5) is 19.3. The molecule has 1 amide bonds. The first-order valence-electron chi connectivity index (χ1n) is 10.5. The predicted octanol–water partition coefficient (Wildman–Crippen LogP) is 5.02. The van der Waals surface area contributed by atoms with Crippen LogP contribution in [0.3, 0.4) is 0 Å². The molecule has 9 heteroatoms. The SMILES string of the molecule is CC(C(=O)NC(c1ccccc1)c1nc2ccccc2n1C)n1c(-c2cccs2)n[nH]c1=S. The zero-order chi connectivity index (χ0) is 22.9. The van der Waals surface area contributed by atoms with Crippen LogP contribution in [0.2, 0.25) is 0 Å². The monoisotopic (exact) mass is 474 g/mol. The molecule has 2 N–H and O–H groups in total. The molecule has 0 radical (unpaired) electrons. The van der Waals surface area contributed by atoms with Crippen molar-refractivity contribution < 1.29 is 4.79 Å². The third kappa shape index (κ3) is 3.90. The Balaban J connectivity index is 1.53. The van der Waals surface area contributed by atoms with E-state index in [-0.39, 0.29) is 5.91 Å². The van der Waals surface area contributed by atoms with E-state index in [2.05, 4.69) is 15.5 Å². The molecule has 0 bridgehead atoms. The number of benzene rings is 2. The second-order valence-corrected chi connectivity index (χ2v) is 9.08. The number of fused-ring (bicyclic) bond motifs is 1. The summed E-state index contributed by atoms with van der Waals surface area (Å²) in [7, 11) is 1.97. The number of hydrogen-bond acceptors (Lipinski definition) is 5. The van der Waals surface area contributed by atoms with Crippen LogP contribution in [0.5, 0.6) is 0 Å². The number of H-pyrrole nitrogens is 1. The first-order valence-corrected chi connectivity index (χ1v) is 11.8. The second-order valence-electron chi connectivity index (χ2n) is 7.75. The van der Waals surface area contributed by atoms with Crippen LogP contribution in [-0.4, -0.2) is 30.2 Å². The number of aryl methyl sites for hydroxylation is 1. The topological polar surface area (TPSA) is 80.5 Å². The van der Waals surface area contributed by atoms with Crippen LogP contribution in [0.4, 0.5) is 0 Å². The summed E-state index contributed by atoms with van der Waals surface area (Å²) < 4.78 is 4.19. The molecule has 0 aliphatic rings. The van der Waals surface area contributed by atoms with Crippen LogP contribution >= 0.6 is 23.6 Å². The van der Waals surface area contributed by atoms with Crippen LogP contribution in [-0.2, 0) is 11.8 Å². The van der Waals surface area contributed by atoms with E-state index in [0.29, 0.717) is 10.6 Å². The average molecular weight is 475 g/mol. The maximum atomic E-state index is 13.5. The van der Waals surface area contributed by atoms with Crippen LogP contribution in [0.1, 0.15) is 30.4 Å². The molecule has 3 aromatic heterocycles. The van der Waals surface area contributed by atoms with Gasteiger partial charge in [0.05, 0.1) is 15.9 Å². The summed E-state index contributed by atoms with van der Waals surface area (Å²) in [5, 5.41) is 12.4. The summed E-state index contributed by atoms with van der Waals surface area (Å²) in [6.45, 7) is 1.83. The lowest BCUT2D eigenvalue weighted by molar-refractivity contribution is -0.124. The molecule has 166 valence electrons. The van der Waals surface area contributed by atoms with Gasteiger partial charge in [0.25, 0.3) is 0 Å². The van der Waals surface area contributed by atoms with Crippen LogP contribution in [0.15, 0.2) is 72.1 Å². The Bertz CT molecular complexity index is 1470. The second kappa shape index (κ2) is 8.76. The minimum atomic E-state index is -0.575. The predicted molar refractivity (Wildman–Crippen MR) is 133 cm³/mol. The number of thiophene rings is 1. The number of rotatable bonds is 6. The van der Waals surface area contributed by atoms with Gasteiger partial charge in [0.2, 0.25) is 5.91 Å². The third-order valence-electron chi connectivity index (χ3n) is 5.71. The molecule has 0 aliphatic heterocycles. The van der Waals surface area contributed by atoms with E-state index in [0.717, 1.165) is 27.3 Å². The molecule has 5 aromatic rings. The number of carbonyl (C=O) groups is 1. The Kier molecular flexibility index (Phi) is 5.65. The van der Waals surface area contributed by atoms with Crippen LogP contribution < -0.4 is 5.32 Å². The number of carbonyl (C=O) groups excluding carboxylic acids is 1. The molecule has 2 unspecified atom stereocenters. The van der Waals surface area contributed by atoms with Gasteiger partial charge in [-0.25, -0.2) is 4.98 Å². The Labute approximate surface area is 199 Å². The highest BCUT2D eigenvalue weighted by atomic mass is 32.1. The van der Waals surface area contributed by atoms with Crippen molar-refractivity contribution in [3.8, 4) is 10.7 Å². The van der Waals surface area contributed by atoms with Gasteiger partial charge in [-0.1, -0.05) is 48.5 Å². The lowest BCUT2D eigenvalue weighted by Gasteiger charge is -2.22. The lowest BCUT2D eigenvalue weighted by atomic mass is 10.1. The molecule has 2 atom stereocenters. The highest BCUT2D eigenvalue weighted by Gasteiger charge is 2.27. The molecular weight excluding hydrogens is 452 g/mol. The molecule has 5 rings (SSSR count). The number of imidazole rings is 1. The Morgan fingerprint density at radius 1 is 1.09 bits per heavy atom. The molecule has 0 spiro atoms. The number of nitrogens with zero attached hydrogens (tertiary/aromatic N) is 4. The Hall–Kier alpha value is -3.56. The van der Waals surface area contributed by atoms with Crippen molar-refractivity contribution in [2.45, 2.75) is 19.0 Å². The number of aromatic nitrogens is 5. The van der Waals surface area contributed by atoms with Gasteiger partial charge in [-0.2, -0.15) is 5.10 Å². The molecule has 7 nitrogen and oxygen atoms in total. The highest BCUT2D eigenvalue weighted by molar-refractivity contribution is 7.71. The number of hydrogen-bond donors (Lipinski definition) is 2. The average Bonchev–Trinajstić information content (AvgIpc) is 3.57. The standard InChI is InChI=1S/C24H22N6OS2/c1-15(30-21(27-28-24(30)32)19-13-8-14-33-19)23(31)26-20(16-9-4-3-5-10-16)22-25-17-11-6-7-12-18(17)29(22)2/h3-15,20H,1-2H3,(H,26,31)(H,28,32). The number of para-hydroxylation sites is 2. The van der Waals surface area contributed by atoms with Gasteiger partial charge >= 0.3 is 0 Å². The van der Waals surface area contributed by atoms with E-state index in [9.17, 15) is 4.79 Å². The molecule has 0 aliphatic carbocycles. The summed E-state index contributed by atoms with van der Waals surface area (Å²) in [5.41, 5.74) is 2.84. The third-order valence-corrected chi connectivity index (χ3v) is 6.87. The van der Waals surface area contributed by atoms with Crippen LogP contribution in [0.25, 0.3) is 21.7 Å². The molecule has 3 heterocycles. The maximum Gasteiger partial charge on any atom is 0.243 e. The summed E-state index contributed by atoms with van der Waals surface area (Å²) >= 11 is 7.01. The van der Waals surface area contributed by atoms with Crippen molar-refractivity contribution in [3.05, 3.63) is 88.3 Å². The van der Waals surface area contributed by atoms with Gasteiger partial charge in [-0.15, -0.1) is 11.3 Å². The van der Waals surface area contributed by atoms with Crippen molar-refractivity contribution in [2.24, 2.45) is 7.05 Å². The Morgan fingerprint density at radius 2 is 1.85 bits per heavy atom. The van der Waals surface area contributed by atoms with Crippen LogP contribution in [0, 0.1) is 4.77 Å². The van der Waals surface area contributed by atoms with E-state index in [1.807, 2.05) is 90.6 Å². The van der Waals surface area contributed by atoms with Crippen molar-refractivity contribution in [2.75, 3.05) is 0 Å². The van der Waals surface area contributed by atoms with E-state index in [4.69, 9.17) is 17.2 Å². The van der Waals surface area contributed by atoms with Gasteiger partial charge in [0, 0.05) is 7.05 Å². The zero-order valence-electron chi connectivity index (χ0n) is 18.1. The number of nitrogens with one attached hydrogen (secondary N) is 2. The molecule has 0 fully saturated rings. The molecule has 0 saturated heterocycles. The maximum absolute atomic E-state index is 13.5. The zero-order valence-corrected chi connectivity index (χ0v) is 19.7. The quantitative estimate of drug-likeness (QED) is 0.339. The molecular formula is C24H22N6OS2. The van der Waals surface area contributed by atoms with Crippen molar-refractivity contribution >= 4 is 40.5 Å². The van der Waals surface area contributed by atoms with E-state index >= 15 is 0 Å². The smallest absolute Gasteiger partial charge is 0.243 e. The normalized spacial score (nSPS) is 13.2. The fourth-order valence-electron chi connectivity index (χ4n) is 3.99. The van der Waals surface area contributed by atoms with E-state index in [1.54, 1.807) is 15.9 Å². The van der Waals surface area contributed by atoms with Gasteiger partial charge in [0.1, 0.15) is 17.9 Å². The van der Waals surface area contributed by atoms with Gasteiger partial charge in [-0.05, 0) is 48.3 Å². The van der Waals surface area contributed by atoms with Crippen molar-refractivity contribution in [1.29, 1.82) is 0 Å². The number of aromatic amines is 1. The van der Waals surface area contributed by atoms with E-state index in [1.165, 1.54) is 0 Å². The first kappa shape index (κ1) is 21.3. The van der Waals surface area contributed by atoms with Crippen molar-refractivity contribution in [3.63, 3.8) is 0 Å². The number of amides is 1. The first-order chi connectivity index (χ1) is 16.0. The fourth-order valence-corrected chi connectivity index (χ4v) is 4.99. The highest BCUT2D eigenvalue weighted by Crippen LogP contribution is 2.28. The largest absolute Gasteiger partial charge is 0.340 e. The summed E-state index contributed by atoms with van der Waals surface area (Å²) in [5.74, 6) is 1.24. The fraction of sp³-hybridized carbons (Fsp3) is 0.167. The lowest BCUT2D eigenvalue weighted by Crippen LogP contribution is -2.36. The molecule has 33 heavy (non-hydrogen) atoms. The minimum Gasteiger partial charge on any atom is -0.340 e. The van der Waals surface area contributed by atoms with Gasteiger partial charge < -0.3 is 9.88 Å². The van der Waals surface area contributed by atoms with Gasteiger partial charge in [-0.3, -0.25) is 14.5 Å². The molecule has 0 saturated carbocycles. The van der Waals surface area contributed by atoms with Gasteiger partial charge in [0.15, 0.2) is 10.6 Å². The molecule has 2 aromatic carbocycles. The van der Waals surface area contributed by atoms with E-state index < -0.39 is 12.1 Å². The van der Waals surface area contributed by atoms with Crippen molar-refractivity contribution in [1.82, 2.24) is 29.6 Å².